The molecule has 1 atom stereocenters. The Morgan fingerprint density at radius 1 is 0.892 bits per heavy atom. The van der Waals surface area contributed by atoms with E-state index in [4.69, 9.17) is 4.74 Å². The zero-order valence-corrected chi connectivity index (χ0v) is 23.7. The van der Waals surface area contributed by atoms with Crippen LogP contribution in [-0.2, 0) is 22.6 Å². The summed E-state index contributed by atoms with van der Waals surface area (Å²) in [6.45, 7) is 9.04. The first-order valence-electron chi connectivity index (χ1n) is 12.8. The third kappa shape index (κ3) is 8.74. The number of rotatable bonds is 12. The fraction of sp³-hybridized carbons (Fsp3) is 0.355. The van der Waals surface area contributed by atoms with E-state index in [-0.39, 0.29) is 18.4 Å². The number of nitrogens with one attached hydrogen (secondary N) is 1. The summed E-state index contributed by atoms with van der Waals surface area (Å²) in [7, 11) is 0. The average molecular weight is 566 g/mol. The molecule has 0 aliphatic carbocycles. The number of benzene rings is 3. The minimum atomic E-state index is -0.677. The SMILES string of the molecule is CC(C)CNC(=O)[C@@H](Cc1ccccc1)N(Cc1ccccc1)C(=O)COc1ccc(C(C)C)cc1Br. The first kappa shape index (κ1) is 28.5. The van der Waals surface area contributed by atoms with Gasteiger partial charge in [-0.25, -0.2) is 0 Å². The number of nitrogens with zero attached hydrogens (tertiary/aromatic N) is 1. The molecule has 3 aromatic rings. The molecule has 3 aromatic carbocycles. The highest BCUT2D eigenvalue weighted by Gasteiger charge is 2.30. The topological polar surface area (TPSA) is 58.6 Å². The molecule has 0 bridgehead atoms. The van der Waals surface area contributed by atoms with Gasteiger partial charge in [0.1, 0.15) is 11.8 Å². The van der Waals surface area contributed by atoms with Crippen molar-refractivity contribution in [1.82, 2.24) is 10.2 Å². The van der Waals surface area contributed by atoms with Crippen molar-refractivity contribution in [3.05, 3.63) is 100 Å². The molecule has 0 saturated carbocycles. The quantitative estimate of drug-likeness (QED) is 0.278. The van der Waals surface area contributed by atoms with Gasteiger partial charge in [-0.2, -0.15) is 0 Å². The highest BCUT2D eigenvalue weighted by molar-refractivity contribution is 9.10. The minimum Gasteiger partial charge on any atom is -0.483 e. The van der Waals surface area contributed by atoms with Crippen LogP contribution in [0.5, 0.6) is 5.75 Å². The van der Waals surface area contributed by atoms with Gasteiger partial charge in [0.2, 0.25) is 5.91 Å². The van der Waals surface area contributed by atoms with E-state index in [1.165, 1.54) is 5.56 Å². The zero-order valence-electron chi connectivity index (χ0n) is 22.1. The highest BCUT2D eigenvalue weighted by Crippen LogP contribution is 2.29. The van der Waals surface area contributed by atoms with E-state index in [0.717, 1.165) is 15.6 Å². The Labute approximate surface area is 229 Å². The van der Waals surface area contributed by atoms with Crippen LogP contribution in [0.2, 0.25) is 0 Å². The predicted molar refractivity (Wildman–Crippen MR) is 152 cm³/mol. The maximum atomic E-state index is 13.7. The van der Waals surface area contributed by atoms with Gasteiger partial charge in [0.15, 0.2) is 6.61 Å². The van der Waals surface area contributed by atoms with Crippen molar-refractivity contribution in [2.75, 3.05) is 13.2 Å². The standard InChI is InChI=1S/C31H37BrN2O3/c1-22(2)19-33-31(36)28(17-24-11-7-5-8-12-24)34(20-25-13-9-6-10-14-25)30(35)21-37-29-16-15-26(23(3)4)18-27(29)32/h5-16,18,22-23,28H,17,19-21H2,1-4H3,(H,33,36)/t28-/m1/s1. The van der Waals surface area contributed by atoms with Crippen molar-refractivity contribution in [2.45, 2.75) is 52.6 Å². The summed E-state index contributed by atoms with van der Waals surface area (Å²) in [6.07, 6.45) is 0.413. The fourth-order valence-electron chi connectivity index (χ4n) is 3.97. The maximum absolute atomic E-state index is 13.7. The highest BCUT2D eigenvalue weighted by atomic mass is 79.9. The molecule has 0 radical (unpaired) electrons. The molecule has 0 saturated heterocycles. The van der Waals surface area contributed by atoms with Gasteiger partial charge in [-0.05, 0) is 56.6 Å². The van der Waals surface area contributed by atoms with E-state index in [1.807, 2.05) is 78.9 Å². The molecule has 0 heterocycles. The first-order chi connectivity index (χ1) is 17.7. The molecule has 0 spiro atoms. The van der Waals surface area contributed by atoms with Crippen LogP contribution >= 0.6 is 15.9 Å². The Morgan fingerprint density at radius 2 is 1.51 bits per heavy atom. The summed E-state index contributed by atoms with van der Waals surface area (Å²) >= 11 is 3.57. The molecular weight excluding hydrogens is 528 g/mol. The van der Waals surface area contributed by atoms with Crippen LogP contribution < -0.4 is 10.1 Å². The molecule has 196 valence electrons. The van der Waals surface area contributed by atoms with Crippen molar-refractivity contribution in [1.29, 1.82) is 0 Å². The van der Waals surface area contributed by atoms with Gasteiger partial charge in [0.05, 0.1) is 4.47 Å². The van der Waals surface area contributed by atoms with Crippen LogP contribution in [0, 0.1) is 5.92 Å². The number of hydrogen-bond donors (Lipinski definition) is 1. The summed E-state index contributed by atoms with van der Waals surface area (Å²) in [4.78, 5) is 28.8. The lowest BCUT2D eigenvalue weighted by atomic mass is 10.0. The van der Waals surface area contributed by atoms with Gasteiger partial charge >= 0.3 is 0 Å². The van der Waals surface area contributed by atoms with E-state index >= 15 is 0 Å². The van der Waals surface area contributed by atoms with E-state index in [9.17, 15) is 9.59 Å². The number of carbonyl (C=O) groups is 2. The van der Waals surface area contributed by atoms with Crippen molar-refractivity contribution < 1.29 is 14.3 Å². The molecule has 3 rings (SSSR count). The molecule has 0 unspecified atom stereocenters. The minimum absolute atomic E-state index is 0.163. The number of carbonyl (C=O) groups excluding carboxylic acids is 2. The van der Waals surface area contributed by atoms with Crippen LogP contribution in [0.15, 0.2) is 83.3 Å². The molecule has 0 fully saturated rings. The van der Waals surface area contributed by atoms with Gasteiger partial charge in [-0.1, -0.05) is 94.4 Å². The van der Waals surface area contributed by atoms with Crippen LogP contribution in [-0.4, -0.2) is 35.9 Å². The normalized spacial score (nSPS) is 11.9. The third-order valence-electron chi connectivity index (χ3n) is 6.13. The molecule has 37 heavy (non-hydrogen) atoms. The van der Waals surface area contributed by atoms with Gasteiger partial charge in [-0.3, -0.25) is 9.59 Å². The maximum Gasteiger partial charge on any atom is 0.261 e. The van der Waals surface area contributed by atoms with Crippen LogP contribution in [0.25, 0.3) is 0 Å². The lowest BCUT2D eigenvalue weighted by Gasteiger charge is -2.31. The van der Waals surface area contributed by atoms with Crippen molar-refractivity contribution >= 4 is 27.7 Å². The Balaban J connectivity index is 1.87. The molecule has 1 N–H and O–H groups in total. The van der Waals surface area contributed by atoms with E-state index in [2.05, 4.69) is 48.9 Å². The summed E-state index contributed by atoms with van der Waals surface area (Å²) in [6, 6.07) is 24.8. The number of ether oxygens (including phenoxy) is 1. The number of hydrogen-bond acceptors (Lipinski definition) is 3. The Morgan fingerprint density at radius 3 is 2.08 bits per heavy atom. The van der Waals surface area contributed by atoms with E-state index in [1.54, 1.807) is 4.90 Å². The van der Waals surface area contributed by atoms with Crippen LogP contribution in [0.3, 0.4) is 0 Å². The molecular formula is C31H37BrN2O3. The van der Waals surface area contributed by atoms with Gasteiger partial charge in [0.25, 0.3) is 5.91 Å². The molecule has 6 heteroatoms. The van der Waals surface area contributed by atoms with Crippen molar-refractivity contribution in [2.24, 2.45) is 5.92 Å². The van der Waals surface area contributed by atoms with Crippen LogP contribution in [0.1, 0.15) is 50.3 Å². The third-order valence-corrected chi connectivity index (χ3v) is 6.74. The molecule has 2 amide bonds. The summed E-state index contributed by atoms with van der Waals surface area (Å²) in [5.41, 5.74) is 3.13. The van der Waals surface area contributed by atoms with Gasteiger partial charge in [0, 0.05) is 19.5 Å². The predicted octanol–water partition coefficient (Wildman–Crippen LogP) is 6.36. The second kappa shape index (κ2) is 14.0. The summed E-state index contributed by atoms with van der Waals surface area (Å²) in [5.74, 6) is 0.875. The average Bonchev–Trinajstić information content (AvgIpc) is 2.89. The van der Waals surface area contributed by atoms with E-state index < -0.39 is 6.04 Å². The molecule has 0 aliphatic rings. The monoisotopic (exact) mass is 564 g/mol. The second-order valence-corrected chi connectivity index (χ2v) is 10.8. The van der Waals surface area contributed by atoms with Gasteiger partial charge in [-0.15, -0.1) is 0 Å². The number of amides is 2. The van der Waals surface area contributed by atoms with Gasteiger partial charge < -0.3 is 15.0 Å². The summed E-state index contributed by atoms with van der Waals surface area (Å²) < 4.78 is 6.76. The fourth-order valence-corrected chi connectivity index (χ4v) is 4.48. The molecule has 5 nitrogen and oxygen atoms in total. The molecule has 0 aliphatic heterocycles. The lowest BCUT2D eigenvalue weighted by molar-refractivity contribution is -0.142. The summed E-state index contributed by atoms with van der Waals surface area (Å²) in [5, 5.41) is 3.04. The first-order valence-corrected chi connectivity index (χ1v) is 13.6. The van der Waals surface area contributed by atoms with Crippen molar-refractivity contribution in [3.8, 4) is 5.75 Å². The number of halogens is 1. The Kier molecular flexibility index (Phi) is 10.8. The smallest absolute Gasteiger partial charge is 0.261 e. The van der Waals surface area contributed by atoms with E-state index in [0.29, 0.717) is 37.1 Å². The van der Waals surface area contributed by atoms with Crippen molar-refractivity contribution in [3.63, 3.8) is 0 Å². The largest absolute Gasteiger partial charge is 0.483 e. The Hall–Kier alpha value is -3.12. The molecule has 0 aromatic heterocycles. The van der Waals surface area contributed by atoms with Crippen LogP contribution in [0.4, 0.5) is 0 Å². The second-order valence-electron chi connectivity index (χ2n) is 9.98. The Bertz CT molecular complexity index is 1150. The lowest BCUT2D eigenvalue weighted by Crippen LogP contribution is -2.52. The zero-order chi connectivity index (χ0) is 26.8.